The van der Waals surface area contributed by atoms with Gasteiger partial charge in [-0.05, 0) is 42.2 Å². The van der Waals surface area contributed by atoms with Crippen LogP contribution in [-0.4, -0.2) is 11.4 Å². The van der Waals surface area contributed by atoms with Crippen LogP contribution in [0.4, 0.5) is 5.69 Å². The lowest BCUT2D eigenvalue weighted by atomic mass is 9.58. The molecule has 0 aliphatic heterocycles. The van der Waals surface area contributed by atoms with Crippen LogP contribution in [-0.2, 0) is 4.79 Å². The van der Waals surface area contributed by atoms with E-state index < -0.39 is 5.54 Å². The van der Waals surface area contributed by atoms with Gasteiger partial charge in [0.1, 0.15) is 5.54 Å². The average Bonchev–Trinajstić information content (AvgIpc) is 2.25. The predicted molar refractivity (Wildman–Crippen MR) is 83.4 cm³/mol. The number of hydrogen-bond donors (Lipinski definition) is 2. The number of rotatable bonds is 3. The quantitative estimate of drug-likeness (QED) is 0.885. The fourth-order valence-electron chi connectivity index (χ4n) is 4.24. The second-order valence-corrected chi connectivity index (χ2v) is 7.80. The number of para-hydroxylation sites is 1. The molecule has 1 fully saturated rings. The maximum absolute atomic E-state index is 12.2. The minimum Gasteiger partial charge on any atom is -0.371 e. The van der Waals surface area contributed by atoms with Crippen LogP contribution in [0.3, 0.4) is 0 Å². The van der Waals surface area contributed by atoms with Crippen molar-refractivity contribution in [3.05, 3.63) is 30.3 Å². The lowest BCUT2D eigenvalue weighted by Crippen LogP contribution is -2.58. The minimum absolute atomic E-state index is 0.0958. The van der Waals surface area contributed by atoms with E-state index in [2.05, 4.69) is 33.0 Å². The zero-order valence-electron chi connectivity index (χ0n) is 13.0. The highest BCUT2D eigenvalue weighted by Gasteiger charge is 2.50. The molecular weight excluding hydrogens is 248 g/mol. The van der Waals surface area contributed by atoms with E-state index in [9.17, 15) is 4.79 Å². The summed E-state index contributed by atoms with van der Waals surface area (Å²) in [6, 6.07) is 9.88. The van der Waals surface area contributed by atoms with E-state index in [-0.39, 0.29) is 16.7 Å². The van der Waals surface area contributed by atoms with Crippen molar-refractivity contribution in [3.63, 3.8) is 0 Å². The third-order valence-electron chi connectivity index (χ3n) is 4.15. The minimum atomic E-state index is -0.660. The molecule has 0 saturated heterocycles. The summed E-state index contributed by atoms with van der Waals surface area (Å²) in [6.07, 6.45) is 2.65. The monoisotopic (exact) mass is 274 g/mol. The number of carbonyl (C=O) groups is 1. The summed E-state index contributed by atoms with van der Waals surface area (Å²) in [4.78, 5) is 12.2. The van der Waals surface area contributed by atoms with Crippen molar-refractivity contribution < 1.29 is 4.79 Å². The SMILES string of the molecule is CC1(C)CC(C)(C)CC(Nc2ccccc2)(C(N)=O)C1. The predicted octanol–water partition coefficient (Wildman–Crippen LogP) is 3.56. The van der Waals surface area contributed by atoms with Crippen LogP contribution in [0.1, 0.15) is 47.0 Å². The Bertz CT molecular complexity index is 475. The van der Waals surface area contributed by atoms with E-state index in [1.165, 1.54) is 0 Å². The van der Waals surface area contributed by atoms with Crippen molar-refractivity contribution in [3.8, 4) is 0 Å². The van der Waals surface area contributed by atoms with Crippen molar-refractivity contribution >= 4 is 11.6 Å². The van der Waals surface area contributed by atoms with Crippen LogP contribution in [0, 0.1) is 10.8 Å². The summed E-state index contributed by atoms with van der Waals surface area (Å²) < 4.78 is 0. The number of benzene rings is 1. The maximum Gasteiger partial charge on any atom is 0.243 e. The highest BCUT2D eigenvalue weighted by Crippen LogP contribution is 2.51. The molecule has 20 heavy (non-hydrogen) atoms. The zero-order chi connectivity index (χ0) is 15.0. The molecule has 0 radical (unpaired) electrons. The molecule has 3 N–H and O–H groups in total. The maximum atomic E-state index is 12.2. The molecule has 1 aromatic rings. The highest BCUT2D eigenvalue weighted by molar-refractivity contribution is 5.88. The Morgan fingerprint density at radius 2 is 1.50 bits per heavy atom. The Hall–Kier alpha value is -1.51. The van der Waals surface area contributed by atoms with Gasteiger partial charge in [0.05, 0.1) is 0 Å². The Labute approximate surface area is 121 Å². The van der Waals surface area contributed by atoms with Crippen LogP contribution in [0.5, 0.6) is 0 Å². The van der Waals surface area contributed by atoms with Crippen molar-refractivity contribution in [2.75, 3.05) is 5.32 Å². The van der Waals surface area contributed by atoms with Crippen molar-refractivity contribution in [1.82, 2.24) is 0 Å². The first-order chi connectivity index (χ1) is 9.14. The molecule has 110 valence electrons. The van der Waals surface area contributed by atoms with Gasteiger partial charge in [0.25, 0.3) is 0 Å². The van der Waals surface area contributed by atoms with Crippen LogP contribution in [0.2, 0.25) is 0 Å². The Kier molecular flexibility index (Phi) is 3.57. The van der Waals surface area contributed by atoms with Crippen LogP contribution in [0.15, 0.2) is 30.3 Å². The molecule has 0 spiro atoms. The van der Waals surface area contributed by atoms with Crippen LogP contribution < -0.4 is 11.1 Å². The largest absolute Gasteiger partial charge is 0.371 e. The summed E-state index contributed by atoms with van der Waals surface area (Å²) in [5.74, 6) is -0.248. The van der Waals surface area contributed by atoms with Gasteiger partial charge in [-0.1, -0.05) is 45.9 Å². The van der Waals surface area contributed by atoms with E-state index in [0.717, 1.165) is 24.9 Å². The van der Waals surface area contributed by atoms with Gasteiger partial charge in [0, 0.05) is 5.69 Å². The molecule has 1 aliphatic rings. The molecule has 0 heterocycles. The summed E-state index contributed by atoms with van der Waals surface area (Å²) in [5.41, 5.74) is 6.28. The third-order valence-corrected chi connectivity index (χ3v) is 4.15. The van der Waals surface area contributed by atoms with Crippen molar-refractivity contribution in [2.45, 2.75) is 52.5 Å². The summed E-state index contributed by atoms with van der Waals surface area (Å²) in [5, 5.41) is 3.43. The molecule has 2 rings (SSSR count). The van der Waals surface area contributed by atoms with Crippen LogP contribution in [0.25, 0.3) is 0 Å². The standard InChI is InChI=1S/C17H26N2O/c1-15(2)10-16(3,4)12-17(11-15,14(18)20)19-13-8-6-5-7-9-13/h5-9,19H,10-12H2,1-4H3,(H2,18,20). The number of hydrogen-bond acceptors (Lipinski definition) is 2. The number of nitrogens with one attached hydrogen (secondary N) is 1. The number of primary amides is 1. The van der Waals surface area contributed by atoms with E-state index in [1.807, 2.05) is 30.3 Å². The van der Waals surface area contributed by atoms with E-state index in [0.29, 0.717) is 0 Å². The van der Waals surface area contributed by atoms with Gasteiger partial charge in [-0.2, -0.15) is 0 Å². The average molecular weight is 274 g/mol. The Morgan fingerprint density at radius 3 is 1.95 bits per heavy atom. The second kappa shape index (κ2) is 4.80. The number of anilines is 1. The molecule has 0 unspecified atom stereocenters. The second-order valence-electron chi connectivity index (χ2n) is 7.80. The van der Waals surface area contributed by atoms with Gasteiger partial charge in [-0.3, -0.25) is 4.79 Å². The van der Waals surface area contributed by atoms with E-state index in [1.54, 1.807) is 0 Å². The molecule has 1 amide bonds. The first kappa shape index (κ1) is 14.9. The Morgan fingerprint density at radius 1 is 1.00 bits per heavy atom. The van der Waals surface area contributed by atoms with E-state index >= 15 is 0 Å². The van der Waals surface area contributed by atoms with Crippen LogP contribution >= 0.6 is 0 Å². The number of amides is 1. The number of nitrogens with two attached hydrogens (primary N) is 1. The van der Waals surface area contributed by atoms with Crippen molar-refractivity contribution in [2.24, 2.45) is 16.6 Å². The fourth-order valence-corrected chi connectivity index (χ4v) is 4.24. The third kappa shape index (κ3) is 3.14. The lowest BCUT2D eigenvalue weighted by molar-refractivity contribution is -0.126. The highest BCUT2D eigenvalue weighted by atomic mass is 16.1. The first-order valence-corrected chi connectivity index (χ1v) is 7.27. The van der Waals surface area contributed by atoms with Gasteiger partial charge < -0.3 is 11.1 Å². The molecule has 1 aliphatic carbocycles. The van der Waals surface area contributed by atoms with Crippen molar-refractivity contribution in [1.29, 1.82) is 0 Å². The summed E-state index contributed by atoms with van der Waals surface area (Å²) >= 11 is 0. The van der Waals surface area contributed by atoms with E-state index in [4.69, 9.17) is 5.73 Å². The van der Waals surface area contributed by atoms with Gasteiger partial charge in [-0.25, -0.2) is 0 Å². The van der Waals surface area contributed by atoms with Gasteiger partial charge >= 0.3 is 0 Å². The normalized spacial score (nSPS) is 23.0. The lowest BCUT2D eigenvalue weighted by Gasteiger charge is -2.51. The molecule has 3 nitrogen and oxygen atoms in total. The fraction of sp³-hybridized carbons (Fsp3) is 0.588. The molecular formula is C17H26N2O. The molecule has 1 aromatic carbocycles. The number of carbonyl (C=O) groups excluding carboxylic acids is 1. The zero-order valence-corrected chi connectivity index (χ0v) is 13.0. The molecule has 3 heteroatoms. The van der Waals surface area contributed by atoms with Gasteiger partial charge in [0.2, 0.25) is 5.91 Å². The molecule has 0 bridgehead atoms. The topological polar surface area (TPSA) is 55.1 Å². The smallest absolute Gasteiger partial charge is 0.243 e. The summed E-state index contributed by atoms with van der Waals surface area (Å²) in [7, 11) is 0. The summed E-state index contributed by atoms with van der Waals surface area (Å²) in [6.45, 7) is 8.88. The molecule has 0 atom stereocenters. The first-order valence-electron chi connectivity index (χ1n) is 7.27. The van der Waals surface area contributed by atoms with Gasteiger partial charge in [-0.15, -0.1) is 0 Å². The van der Waals surface area contributed by atoms with Gasteiger partial charge in [0.15, 0.2) is 0 Å². The molecule has 1 saturated carbocycles. The Balaban J connectivity index is 2.37. The molecule has 0 aromatic heterocycles.